The Labute approximate surface area is 191 Å². The van der Waals surface area contributed by atoms with Gasteiger partial charge in [-0.05, 0) is 48.5 Å². The molecule has 0 radical (unpaired) electrons. The summed E-state index contributed by atoms with van der Waals surface area (Å²) in [5.41, 5.74) is 0.822. The van der Waals surface area contributed by atoms with E-state index in [4.69, 9.17) is 9.84 Å². The van der Waals surface area contributed by atoms with Crippen molar-refractivity contribution in [3.8, 4) is 11.5 Å². The molecule has 4 rings (SSSR count). The molecule has 3 aromatic rings. The van der Waals surface area contributed by atoms with E-state index in [2.05, 4.69) is 0 Å². The molecule has 170 valence electrons. The summed E-state index contributed by atoms with van der Waals surface area (Å²) in [5, 5.41) is 9.16. The van der Waals surface area contributed by atoms with Crippen LogP contribution in [0.25, 0.3) is 0 Å². The lowest BCUT2D eigenvalue weighted by atomic mass is 10.1. The van der Waals surface area contributed by atoms with Gasteiger partial charge < -0.3 is 14.7 Å². The third-order valence-corrected chi connectivity index (χ3v) is 7.24. The van der Waals surface area contributed by atoms with E-state index < -0.39 is 21.9 Å². The Kier molecular flexibility index (Phi) is 6.06. The van der Waals surface area contributed by atoms with Gasteiger partial charge in [-0.2, -0.15) is 0 Å². The van der Waals surface area contributed by atoms with Crippen LogP contribution >= 0.6 is 0 Å². The number of hydrogen-bond acceptors (Lipinski definition) is 5. The maximum Gasteiger partial charge on any atom is 0.308 e. The van der Waals surface area contributed by atoms with E-state index in [9.17, 15) is 18.0 Å². The van der Waals surface area contributed by atoms with Crippen LogP contribution < -0.4 is 13.9 Å². The van der Waals surface area contributed by atoms with Gasteiger partial charge >= 0.3 is 5.97 Å². The quantitative estimate of drug-likeness (QED) is 0.569. The number of nitrogens with zero attached hydrogens (tertiary/aromatic N) is 2. The average molecular weight is 467 g/mol. The van der Waals surface area contributed by atoms with Crippen molar-refractivity contribution in [1.82, 2.24) is 0 Å². The molecule has 0 bridgehead atoms. The molecule has 8 nitrogen and oxygen atoms in total. The van der Waals surface area contributed by atoms with Crippen LogP contribution in [0.1, 0.15) is 6.42 Å². The first-order valence-electron chi connectivity index (χ1n) is 10.2. The van der Waals surface area contributed by atoms with Gasteiger partial charge in [-0.15, -0.1) is 0 Å². The maximum absolute atomic E-state index is 13.3. The summed E-state index contributed by atoms with van der Waals surface area (Å²) in [7, 11) is -2.49. The second-order valence-electron chi connectivity index (χ2n) is 7.59. The van der Waals surface area contributed by atoms with E-state index in [-0.39, 0.29) is 23.8 Å². The monoisotopic (exact) mass is 466 g/mol. The third-order valence-electron chi connectivity index (χ3n) is 5.46. The minimum Gasteiger partial charge on any atom is -0.481 e. The van der Waals surface area contributed by atoms with Gasteiger partial charge in [0.2, 0.25) is 5.91 Å². The first-order chi connectivity index (χ1) is 15.8. The molecular weight excluding hydrogens is 444 g/mol. The lowest BCUT2D eigenvalue weighted by Crippen LogP contribution is -2.27. The molecule has 9 heteroatoms. The van der Waals surface area contributed by atoms with Gasteiger partial charge in [-0.3, -0.25) is 13.9 Å². The molecule has 3 aromatic carbocycles. The van der Waals surface area contributed by atoms with Crippen LogP contribution in [-0.4, -0.2) is 39.0 Å². The number of carboxylic acid groups (broad SMARTS) is 1. The van der Waals surface area contributed by atoms with Crippen molar-refractivity contribution in [2.45, 2.75) is 11.3 Å². The predicted molar refractivity (Wildman–Crippen MR) is 123 cm³/mol. The van der Waals surface area contributed by atoms with Crippen LogP contribution in [0.5, 0.6) is 11.5 Å². The maximum atomic E-state index is 13.3. The highest BCUT2D eigenvalue weighted by atomic mass is 32.2. The van der Waals surface area contributed by atoms with Crippen LogP contribution in [0.2, 0.25) is 0 Å². The number of aliphatic carboxylic acids is 1. The van der Waals surface area contributed by atoms with Crippen LogP contribution in [0.3, 0.4) is 0 Å². The van der Waals surface area contributed by atoms with Gasteiger partial charge in [0.25, 0.3) is 10.0 Å². The van der Waals surface area contributed by atoms with E-state index in [0.717, 1.165) is 4.31 Å². The molecule has 1 atom stereocenters. The molecule has 1 fully saturated rings. The largest absolute Gasteiger partial charge is 0.481 e. The molecule has 0 saturated carbocycles. The van der Waals surface area contributed by atoms with Crippen molar-refractivity contribution in [2.24, 2.45) is 5.92 Å². The van der Waals surface area contributed by atoms with Gasteiger partial charge in [0.15, 0.2) is 5.75 Å². The van der Waals surface area contributed by atoms with Crippen LogP contribution in [0, 0.1) is 5.92 Å². The molecule has 1 unspecified atom stereocenters. The summed E-state index contributed by atoms with van der Waals surface area (Å²) in [6.45, 7) is 0.0599. The highest BCUT2D eigenvalue weighted by Gasteiger charge is 2.35. The van der Waals surface area contributed by atoms with Crippen molar-refractivity contribution in [3.05, 3.63) is 78.9 Å². The van der Waals surface area contributed by atoms with E-state index in [1.54, 1.807) is 36.4 Å². The van der Waals surface area contributed by atoms with Gasteiger partial charge in [-0.25, -0.2) is 8.42 Å². The normalized spacial score (nSPS) is 16.0. The third kappa shape index (κ3) is 4.54. The van der Waals surface area contributed by atoms with Crippen molar-refractivity contribution >= 4 is 33.3 Å². The van der Waals surface area contributed by atoms with Crippen molar-refractivity contribution < 1.29 is 27.9 Å². The summed E-state index contributed by atoms with van der Waals surface area (Å²) in [5.74, 6) is -1.14. The Hall–Kier alpha value is -3.85. The second-order valence-corrected chi connectivity index (χ2v) is 9.56. The Morgan fingerprint density at radius 3 is 2.27 bits per heavy atom. The molecule has 1 aliphatic heterocycles. The standard InChI is InChI=1S/C24H22N2O6S/c1-25(21-9-5-6-10-22(21)32-19-7-3-2-4-8-19)33(30,31)20-13-11-18(12-14-20)26-16-17(24(28)29)15-23(26)27/h2-14,17H,15-16H2,1H3,(H,28,29). The molecule has 33 heavy (non-hydrogen) atoms. The number of hydrogen-bond donors (Lipinski definition) is 1. The summed E-state index contributed by atoms with van der Waals surface area (Å²) >= 11 is 0. The van der Waals surface area contributed by atoms with E-state index in [1.165, 1.54) is 36.2 Å². The molecule has 1 heterocycles. The molecular formula is C24H22N2O6S. The number of carbonyl (C=O) groups is 2. The van der Waals surface area contributed by atoms with Gasteiger partial charge in [-0.1, -0.05) is 30.3 Å². The number of rotatable bonds is 7. The Balaban J connectivity index is 1.58. The predicted octanol–water partition coefficient (Wildman–Crippen LogP) is 3.74. The highest BCUT2D eigenvalue weighted by Crippen LogP contribution is 2.35. The molecule has 1 aliphatic rings. The van der Waals surface area contributed by atoms with Crippen molar-refractivity contribution in [3.63, 3.8) is 0 Å². The zero-order valence-corrected chi connectivity index (χ0v) is 18.6. The fourth-order valence-electron chi connectivity index (χ4n) is 3.63. The number of sulfonamides is 1. The lowest BCUT2D eigenvalue weighted by Gasteiger charge is -2.23. The summed E-state index contributed by atoms with van der Waals surface area (Å²) in [6.07, 6.45) is -0.0731. The molecule has 0 aromatic heterocycles. The topological polar surface area (TPSA) is 104 Å². The Morgan fingerprint density at radius 2 is 1.64 bits per heavy atom. The SMILES string of the molecule is CN(c1ccccc1Oc1ccccc1)S(=O)(=O)c1ccc(N2CC(C(=O)O)CC2=O)cc1. The number of benzene rings is 3. The highest BCUT2D eigenvalue weighted by molar-refractivity contribution is 7.92. The Morgan fingerprint density at radius 1 is 1.00 bits per heavy atom. The van der Waals surface area contributed by atoms with E-state index in [1.807, 2.05) is 18.2 Å². The van der Waals surface area contributed by atoms with Crippen LogP contribution in [0.4, 0.5) is 11.4 Å². The first kappa shape index (κ1) is 22.3. The number of amides is 1. The first-order valence-corrected chi connectivity index (χ1v) is 11.7. The zero-order valence-electron chi connectivity index (χ0n) is 17.8. The summed E-state index contributed by atoms with van der Waals surface area (Å²) in [6, 6.07) is 21.7. The minimum atomic E-state index is -3.93. The smallest absolute Gasteiger partial charge is 0.308 e. The summed E-state index contributed by atoms with van der Waals surface area (Å²) in [4.78, 5) is 24.8. The van der Waals surface area contributed by atoms with Gasteiger partial charge in [0, 0.05) is 25.7 Å². The minimum absolute atomic E-state index is 0.0321. The van der Waals surface area contributed by atoms with Crippen LogP contribution in [-0.2, 0) is 19.6 Å². The van der Waals surface area contributed by atoms with E-state index >= 15 is 0 Å². The van der Waals surface area contributed by atoms with E-state index in [0.29, 0.717) is 22.9 Å². The fourth-order valence-corrected chi connectivity index (χ4v) is 4.83. The zero-order chi connectivity index (χ0) is 23.6. The molecule has 1 N–H and O–H groups in total. The lowest BCUT2D eigenvalue weighted by molar-refractivity contribution is -0.141. The van der Waals surface area contributed by atoms with Gasteiger partial charge in [0.1, 0.15) is 5.75 Å². The number of ether oxygens (including phenoxy) is 1. The second kappa shape index (κ2) is 8.95. The fraction of sp³-hybridized carbons (Fsp3) is 0.167. The van der Waals surface area contributed by atoms with Crippen LogP contribution in [0.15, 0.2) is 83.8 Å². The number of anilines is 2. The molecule has 1 saturated heterocycles. The number of carbonyl (C=O) groups excluding carboxylic acids is 1. The number of carboxylic acids is 1. The number of para-hydroxylation sites is 3. The van der Waals surface area contributed by atoms with Gasteiger partial charge in [0.05, 0.1) is 16.5 Å². The Bertz CT molecular complexity index is 1280. The summed E-state index contributed by atoms with van der Waals surface area (Å²) < 4.78 is 33.6. The molecule has 0 spiro atoms. The van der Waals surface area contributed by atoms with Crippen molar-refractivity contribution in [2.75, 3.05) is 22.8 Å². The molecule has 1 amide bonds. The van der Waals surface area contributed by atoms with Crippen molar-refractivity contribution in [1.29, 1.82) is 0 Å². The molecule has 0 aliphatic carbocycles. The average Bonchev–Trinajstić information content (AvgIpc) is 3.22.